The molecule has 1 aromatic rings. The lowest BCUT2D eigenvalue weighted by atomic mass is 10.0. The van der Waals surface area contributed by atoms with Gasteiger partial charge in [-0.15, -0.1) is 0 Å². The number of carbonyl (C=O) groups is 3. The maximum absolute atomic E-state index is 12.7. The van der Waals surface area contributed by atoms with Crippen molar-refractivity contribution in [2.24, 2.45) is 0 Å². The molecular formula is C18H24N2O5. The summed E-state index contributed by atoms with van der Waals surface area (Å²) in [5.41, 5.74) is 1.92. The number of aliphatic carboxylic acids is 1. The second kappa shape index (κ2) is 8.11. The monoisotopic (exact) mass is 348 g/mol. The average molecular weight is 348 g/mol. The van der Waals surface area contributed by atoms with Gasteiger partial charge in [-0.1, -0.05) is 29.8 Å². The van der Waals surface area contributed by atoms with Gasteiger partial charge in [0.15, 0.2) is 6.10 Å². The first-order chi connectivity index (χ1) is 11.8. The van der Waals surface area contributed by atoms with Crippen LogP contribution in [0.4, 0.5) is 0 Å². The second-order valence-electron chi connectivity index (χ2n) is 6.44. The van der Waals surface area contributed by atoms with Crippen molar-refractivity contribution in [3.05, 3.63) is 35.4 Å². The molecule has 1 saturated heterocycles. The number of hydrogen-bond donors (Lipinski definition) is 2. The van der Waals surface area contributed by atoms with Gasteiger partial charge in [0, 0.05) is 13.5 Å². The van der Waals surface area contributed by atoms with Crippen molar-refractivity contribution in [1.29, 1.82) is 0 Å². The maximum Gasteiger partial charge on any atom is 0.334 e. The largest absolute Gasteiger partial charge is 0.479 e. The van der Waals surface area contributed by atoms with Gasteiger partial charge in [0.05, 0.1) is 25.1 Å². The van der Waals surface area contributed by atoms with Gasteiger partial charge in [0.25, 0.3) is 0 Å². The zero-order chi connectivity index (χ0) is 18.6. The van der Waals surface area contributed by atoms with Crippen LogP contribution in [0.3, 0.4) is 0 Å². The van der Waals surface area contributed by atoms with Crippen molar-refractivity contribution in [2.45, 2.75) is 45.4 Å². The third kappa shape index (κ3) is 5.29. The molecule has 2 amide bonds. The fourth-order valence-electron chi connectivity index (χ4n) is 2.89. The first-order valence-corrected chi connectivity index (χ1v) is 8.26. The Bertz CT molecular complexity index is 643. The Hall–Kier alpha value is -2.41. The first-order valence-electron chi connectivity index (χ1n) is 8.26. The molecule has 0 aliphatic carbocycles. The molecule has 2 N–H and O–H groups in total. The highest BCUT2D eigenvalue weighted by atomic mass is 16.5. The molecule has 2 rings (SSSR count). The van der Waals surface area contributed by atoms with E-state index in [0.29, 0.717) is 6.54 Å². The third-order valence-corrected chi connectivity index (χ3v) is 4.12. The Morgan fingerprint density at radius 2 is 1.92 bits per heavy atom. The van der Waals surface area contributed by atoms with Crippen molar-refractivity contribution in [2.75, 3.05) is 13.1 Å². The van der Waals surface area contributed by atoms with Crippen LogP contribution in [0.2, 0.25) is 0 Å². The standard InChI is InChI=1S/C18H24N2O5/c1-11-4-6-14(7-5-11)15(19-13(3)21)8-17(22)20-9-12(2)25-16(10-20)18(23)24/h4-7,12,15-16H,8-10H2,1-3H3,(H,19,21)(H,23,24)/t12-,15?,16?/m1/s1. The normalized spacial score (nSPS) is 21.5. The number of rotatable bonds is 5. The Morgan fingerprint density at radius 1 is 1.28 bits per heavy atom. The number of carbonyl (C=O) groups excluding carboxylic acids is 2. The van der Waals surface area contributed by atoms with Gasteiger partial charge in [-0.05, 0) is 19.4 Å². The molecule has 0 bridgehead atoms. The molecule has 0 radical (unpaired) electrons. The van der Waals surface area contributed by atoms with E-state index in [1.54, 1.807) is 6.92 Å². The van der Waals surface area contributed by atoms with Crippen molar-refractivity contribution < 1.29 is 24.2 Å². The molecule has 1 heterocycles. The fraction of sp³-hybridized carbons (Fsp3) is 0.500. The predicted octanol–water partition coefficient (Wildman–Crippen LogP) is 1.26. The van der Waals surface area contributed by atoms with Gasteiger partial charge in [0.2, 0.25) is 11.8 Å². The van der Waals surface area contributed by atoms with E-state index in [-0.39, 0.29) is 30.9 Å². The van der Waals surface area contributed by atoms with Crippen LogP contribution in [0.5, 0.6) is 0 Å². The van der Waals surface area contributed by atoms with Crippen LogP contribution in [-0.2, 0) is 19.1 Å². The molecule has 25 heavy (non-hydrogen) atoms. The van der Waals surface area contributed by atoms with E-state index < -0.39 is 18.1 Å². The van der Waals surface area contributed by atoms with Crippen LogP contribution < -0.4 is 5.32 Å². The molecule has 1 aromatic carbocycles. The third-order valence-electron chi connectivity index (χ3n) is 4.12. The average Bonchev–Trinajstić information content (AvgIpc) is 2.53. The van der Waals surface area contributed by atoms with E-state index in [4.69, 9.17) is 9.84 Å². The number of carboxylic acids is 1. The predicted molar refractivity (Wildman–Crippen MR) is 90.9 cm³/mol. The lowest BCUT2D eigenvalue weighted by Gasteiger charge is -2.35. The molecule has 0 spiro atoms. The number of aryl methyl sites for hydroxylation is 1. The summed E-state index contributed by atoms with van der Waals surface area (Å²) in [7, 11) is 0. The molecule has 0 aromatic heterocycles. The van der Waals surface area contributed by atoms with Crippen molar-refractivity contribution >= 4 is 17.8 Å². The lowest BCUT2D eigenvalue weighted by molar-refractivity contribution is -0.166. The number of amides is 2. The fourth-order valence-corrected chi connectivity index (χ4v) is 2.89. The molecule has 2 unspecified atom stereocenters. The summed E-state index contributed by atoms with van der Waals surface area (Å²) < 4.78 is 5.33. The Morgan fingerprint density at radius 3 is 2.48 bits per heavy atom. The summed E-state index contributed by atoms with van der Waals surface area (Å²) >= 11 is 0. The minimum atomic E-state index is -1.08. The highest BCUT2D eigenvalue weighted by Gasteiger charge is 2.33. The zero-order valence-corrected chi connectivity index (χ0v) is 14.7. The van der Waals surface area contributed by atoms with E-state index in [1.807, 2.05) is 31.2 Å². The SMILES string of the molecule is CC(=O)NC(CC(=O)N1CC(C(=O)O)O[C@H](C)C1)c1ccc(C)cc1. The number of morpholine rings is 1. The molecule has 1 fully saturated rings. The molecule has 7 heteroatoms. The summed E-state index contributed by atoms with van der Waals surface area (Å²) in [5.74, 6) is -1.51. The van der Waals surface area contributed by atoms with E-state index in [0.717, 1.165) is 11.1 Å². The molecule has 136 valence electrons. The number of nitrogens with zero attached hydrogens (tertiary/aromatic N) is 1. The van der Waals surface area contributed by atoms with Crippen molar-refractivity contribution in [3.63, 3.8) is 0 Å². The molecule has 1 aliphatic rings. The van der Waals surface area contributed by atoms with Crippen LogP contribution in [0.15, 0.2) is 24.3 Å². The number of hydrogen-bond acceptors (Lipinski definition) is 4. The lowest BCUT2D eigenvalue weighted by Crippen LogP contribution is -2.52. The van der Waals surface area contributed by atoms with Gasteiger partial charge in [0.1, 0.15) is 0 Å². The first kappa shape index (κ1) is 18.9. The number of carboxylic acid groups (broad SMARTS) is 1. The van der Waals surface area contributed by atoms with E-state index >= 15 is 0 Å². The van der Waals surface area contributed by atoms with Crippen LogP contribution in [-0.4, -0.2) is 53.1 Å². The highest BCUT2D eigenvalue weighted by Crippen LogP contribution is 2.21. The Kier molecular flexibility index (Phi) is 6.14. The van der Waals surface area contributed by atoms with Gasteiger partial charge in [-0.25, -0.2) is 4.79 Å². The van der Waals surface area contributed by atoms with Gasteiger partial charge in [-0.2, -0.15) is 0 Å². The van der Waals surface area contributed by atoms with E-state index in [2.05, 4.69) is 5.32 Å². The summed E-state index contributed by atoms with van der Waals surface area (Å²) in [6.45, 7) is 5.45. The van der Waals surface area contributed by atoms with Crippen molar-refractivity contribution in [1.82, 2.24) is 10.2 Å². The van der Waals surface area contributed by atoms with Crippen LogP contribution in [0, 0.1) is 6.92 Å². The summed E-state index contributed by atoms with van der Waals surface area (Å²) in [5, 5.41) is 11.9. The molecule has 0 saturated carbocycles. The van der Waals surface area contributed by atoms with Crippen LogP contribution >= 0.6 is 0 Å². The van der Waals surface area contributed by atoms with Crippen molar-refractivity contribution in [3.8, 4) is 0 Å². The molecular weight excluding hydrogens is 324 g/mol. The van der Waals surface area contributed by atoms with Gasteiger partial charge in [-0.3, -0.25) is 9.59 Å². The molecule has 3 atom stereocenters. The highest BCUT2D eigenvalue weighted by molar-refractivity contribution is 5.80. The van der Waals surface area contributed by atoms with E-state index in [1.165, 1.54) is 11.8 Å². The van der Waals surface area contributed by atoms with Gasteiger partial charge >= 0.3 is 5.97 Å². The summed E-state index contributed by atoms with van der Waals surface area (Å²) in [4.78, 5) is 36.8. The zero-order valence-electron chi connectivity index (χ0n) is 14.7. The molecule has 1 aliphatic heterocycles. The maximum atomic E-state index is 12.7. The topological polar surface area (TPSA) is 95.9 Å². The Labute approximate surface area is 147 Å². The number of benzene rings is 1. The summed E-state index contributed by atoms with van der Waals surface area (Å²) in [6.07, 6.45) is -1.30. The summed E-state index contributed by atoms with van der Waals surface area (Å²) in [6, 6.07) is 7.15. The number of ether oxygens (including phenoxy) is 1. The number of nitrogens with one attached hydrogen (secondary N) is 1. The Balaban J connectivity index is 2.11. The minimum Gasteiger partial charge on any atom is -0.479 e. The van der Waals surface area contributed by atoms with Gasteiger partial charge < -0.3 is 20.1 Å². The van der Waals surface area contributed by atoms with Crippen LogP contribution in [0.25, 0.3) is 0 Å². The quantitative estimate of drug-likeness (QED) is 0.835. The van der Waals surface area contributed by atoms with Crippen LogP contribution in [0.1, 0.15) is 37.4 Å². The minimum absolute atomic E-state index is 0.0131. The molecule has 7 nitrogen and oxygen atoms in total. The second-order valence-corrected chi connectivity index (χ2v) is 6.44. The van der Waals surface area contributed by atoms with E-state index in [9.17, 15) is 14.4 Å². The smallest absolute Gasteiger partial charge is 0.334 e.